The van der Waals surface area contributed by atoms with Crippen molar-refractivity contribution in [1.82, 2.24) is 0 Å². The molecule has 0 bridgehead atoms. The summed E-state index contributed by atoms with van der Waals surface area (Å²) in [7, 11) is 0. The molecule has 0 amide bonds. The minimum Gasteiger partial charge on any atom is -0.325 e. The smallest absolute Gasteiger partial charge is 0.0223 e. The van der Waals surface area contributed by atoms with Crippen LogP contribution in [0.15, 0.2) is 30.3 Å². The van der Waals surface area contributed by atoms with E-state index in [0.717, 1.165) is 19.3 Å². The van der Waals surface area contributed by atoms with Crippen molar-refractivity contribution in [2.75, 3.05) is 0 Å². The second kappa shape index (κ2) is 7.09. The van der Waals surface area contributed by atoms with Crippen LogP contribution in [0.2, 0.25) is 0 Å². The van der Waals surface area contributed by atoms with E-state index in [2.05, 4.69) is 58.0 Å². The number of nitrogens with two attached hydrogens (primary N) is 1. The van der Waals surface area contributed by atoms with Crippen molar-refractivity contribution < 1.29 is 0 Å². The van der Waals surface area contributed by atoms with Crippen molar-refractivity contribution in [3.05, 3.63) is 35.9 Å². The summed E-state index contributed by atoms with van der Waals surface area (Å²) < 4.78 is 0. The molecule has 0 aliphatic carbocycles. The van der Waals surface area contributed by atoms with Gasteiger partial charge in [0.2, 0.25) is 0 Å². The minimum absolute atomic E-state index is 0.0992. The van der Waals surface area contributed by atoms with E-state index in [1.807, 2.05) is 0 Å². The molecule has 0 aliphatic heterocycles. The number of unbranched alkanes of at least 4 members (excludes halogenated alkanes) is 2. The van der Waals surface area contributed by atoms with Crippen LogP contribution < -0.4 is 5.73 Å². The summed E-state index contributed by atoms with van der Waals surface area (Å²) in [6, 6.07) is 10.9. The topological polar surface area (TPSA) is 26.0 Å². The number of benzene rings is 1. The van der Waals surface area contributed by atoms with Crippen LogP contribution in [-0.4, -0.2) is 5.54 Å². The molecule has 0 spiro atoms. The quantitative estimate of drug-likeness (QED) is 0.652. The standard InChI is InChI=1S/C18H31N/c1-5-8-12-15-17(4,19)18(6-2,7-3)16-13-10-9-11-14-16/h9-11,13-14H,5-8,12,15,19H2,1-4H3. The predicted molar refractivity (Wildman–Crippen MR) is 85.4 cm³/mol. The van der Waals surface area contributed by atoms with Crippen molar-refractivity contribution in [3.63, 3.8) is 0 Å². The fourth-order valence-electron chi connectivity index (χ4n) is 3.53. The van der Waals surface area contributed by atoms with E-state index < -0.39 is 0 Å². The summed E-state index contributed by atoms with van der Waals surface area (Å²) in [5, 5.41) is 0. The van der Waals surface area contributed by atoms with Crippen molar-refractivity contribution in [1.29, 1.82) is 0 Å². The zero-order valence-electron chi connectivity index (χ0n) is 13.2. The Hall–Kier alpha value is -0.820. The third-order valence-electron chi connectivity index (χ3n) is 4.93. The van der Waals surface area contributed by atoms with E-state index >= 15 is 0 Å². The average molecular weight is 261 g/mol. The van der Waals surface area contributed by atoms with Gasteiger partial charge in [0.05, 0.1) is 0 Å². The summed E-state index contributed by atoms with van der Waals surface area (Å²) >= 11 is 0. The number of hydrogen-bond acceptors (Lipinski definition) is 1. The lowest BCUT2D eigenvalue weighted by molar-refractivity contribution is 0.198. The molecule has 0 saturated heterocycles. The maximum absolute atomic E-state index is 6.79. The lowest BCUT2D eigenvalue weighted by Gasteiger charge is -2.47. The molecule has 0 fully saturated rings. The molecule has 1 rings (SSSR count). The third-order valence-corrected chi connectivity index (χ3v) is 4.93. The first-order valence-corrected chi connectivity index (χ1v) is 7.88. The van der Waals surface area contributed by atoms with E-state index in [9.17, 15) is 0 Å². The molecule has 1 nitrogen and oxygen atoms in total. The fraction of sp³-hybridized carbons (Fsp3) is 0.667. The SMILES string of the molecule is CCCCCC(C)(N)C(CC)(CC)c1ccccc1. The van der Waals surface area contributed by atoms with Crippen LogP contribution in [0.1, 0.15) is 71.8 Å². The Morgan fingerprint density at radius 3 is 2.00 bits per heavy atom. The van der Waals surface area contributed by atoms with Gasteiger partial charge in [0.1, 0.15) is 0 Å². The zero-order chi connectivity index (χ0) is 14.4. The fourth-order valence-corrected chi connectivity index (χ4v) is 3.53. The lowest BCUT2D eigenvalue weighted by Crippen LogP contribution is -2.55. The van der Waals surface area contributed by atoms with Crippen molar-refractivity contribution in [2.45, 2.75) is 77.2 Å². The number of hydrogen-bond donors (Lipinski definition) is 1. The van der Waals surface area contributed by atoms with E-state index in [4.69, 9.17) is 5.73 Å². The van der Waals surface area contributed by atoms with Crippen molar-refractivity contribution in [3.8, 4) is 0 Å². The van der Waals surface area contributed by atoms with Gasteiger partial charge in [-0.15, -0.1) is 0 Å². The molecule has 0 saturated carbocycles. The van der Waals surface area contributed by atoms with Gasteiger partial charge >= 0.3 is 0 Å². The minimum atomic E-state index is -0.132. The Balaban J connectivity index is 3.04. The highest BCUT2D eigenvalue weighted by Crippen LogP contribution is 2.42. The van der Waals surface area contributed by atoms with Crippen LogP contribution in [0.25, 0.3) is 0 Å². The van der Waals surface area contributed by atoms with Gasteiger partial charge in [-0.25, -0.2) is 0 Å². The van der Waals surface area contributed by atoms with E-state index in [1.165, 1.54) is 24.8 Å². The second-order valence-corrected chi connectivity index (χ2v) is 6.03. The van der Waals surface area contributed by atoms with Gasteiger partial charge < -0.3 is 5.73 Å². The van der Waals surface area contributed by atoms with Gasteiger partial charge in [-0.05, 0) is 31.7 Å². The molecule has 0 aromatic heterocycles. The summed E-state index contributed by atoms with van der Waals surface area (Å²) in [5.41, 5.74) is 8.16. The summed E-state index contributed by atoms with van der Waals surface area (Å²) in [4.78, 5) is 0. The van der Waals surface area contributed by atoms with Crippen LogP contribution in [0.3, 0.4) is 0 Å². The van der Waals surface area contributed by atoms with Gasteiger partial charge in [0.15, 0.2) is 0 Å². The Bertz CT molecular complexity index is 349. The summed E-state index contributed by atoms with van der Waals surface area (Å²) in [5.74, 6) is 0. The highest BCUT2D eigenvalue weighted by molar-refractivity contribution is 5.30. The van der Waals surface area contributed by atoms with Crippen molar-refractivity contribution >= 4 is 0 Å². The molecule has 0 radical (unpaired) electrons. The zero-order valence-corrected chi connectivity index (χ0v) is 13.2. The Morgan fingerprint density at radius 2 is 1.53 bits per heavy atom. The molecule has 2 N–H and O–H groups in total. The first kappa shape index (κ1) is 16.2. The normalized spacial score (nSPS) is 15.2. The molecule has 1 unspecified atom stereocenters. The third kappa shape index (κ3) is 3.39. The second-order valence-electron chi connectivity index (χ2n) is 6.03. The monoisotopic (exact) mass is 261 g/mol. The van der Waals surface area contributed by atoms with Gasteiger partial charge in [-0.1, -0.05) is 70.4 Å². The van der Waals surface area contributed by atoms with E-state index in [-0.39, 0.29) is 11.0 Å². The van der Waals surface area contributed by atoms with Gasteiger partial charge in [-0.3, -0.25) is 0 Å². The molecule has 1 aromatic carbocycles. The van der Waals surface area contributed by atoms with Crippen LogP contribution in [0.5, 0.6) is 0 Å². The average Bonchev–Trinajstić information content (AvgIpc) is 2.42. The molecule has 1 aromatic rings. The molecule has 1 heteroatoms. The maximum atomic E-state index is 6.79. The van der Waals surface area contributed by atoms with Gasteiger partial charge in [0.25, 0.3) is 0 Å². The Morgan fingerprint density at radius 1 is 0.947 bits per heavy atom. The molecule has 1 atom stereocenters. The predicted octanol–water partition coefficient (Wildman–Crippen LogP) is 5.04. The number of rotatable bonds is 8. The first-order valence-electron chi connectivity index (χ1n) is 7.88. The molecule has 19 heavy (non-hydrogen) atoms. The lowest BCUT2D eigenvalue weighted by atomic mass is 9.61. The summed E-state index contributed by atoms with van der Waals surface area (Å²) in [6.45, 7) is 9.06. The van der Waals surface area contributed by atoms with Gasteiger partial charge in [0, 0.05) is 11.0 Å². The Kier molecular flexibility index (Phi) is 6.06. The molecular formula is C18H31N. The first-order chi connectivity index (χ1) is 9.04. The van der Waals surface area contributed by atoms with Gasteiger partial charge in [-0.2, -0.15) is 0 Å². The highest BCUT2D eigenvalue weighted by Gasteiger charge is 2.43. The molecule has 0 heterocycles. The van der Waals surface area contributed by atoms with Crippen LogP contribution in [0.4, 0.5) is 0 Å². The van der Waals surface area contributed by atoms with Crippen molar-refractivity contribution in [2.24, 2.45) is 5.73 Å². The van der Waals surface area contributed by atoms with Crippen LogP contribution in [0, 0.1) is 0 Å². The Labute approximate surface area is 119 Å². The highest BCUT2D eigenvalue weighted by atomic mass is 14.8. The van der Waals surface area contributed by atoms with E-state index in [1.54, 1.807) is 0 Å². The largest absolute Gasteiger partial charge is 0.325 e. The molecule has 108 valence electrons. The van der Waals surface area contributed by atoms with Crippen LogP contribution in [-0.2, 0) is 5.41 Å². The van der Waals surface area contributed by atoms with E-state index in [0.29, 0.717) is 0 Å². The molecular weight excluding hydrogens is 230 g/mol. The maximum Gasteiger partial charge on any atom is 0.0223 e. The van der Waals surface area contributed by atoms with Crippen LogP contribution >= 0.6 is 0 Å². The molecule has 0 aliphatic rings. The summed E-state index contributed by atoms with van der Waals surface area (Å²) in [6.07, 6.45) is 7.09.